The van der Waals surface area contributed by atoms with Crippen molar-refractivity contribution in [1.29, 1.82) is 0 Å². The van der Waals surface area contributed by atoms with Crippen molar-refractivity contribution in [2.75, 3.05) is 0 Å². The number of hydrogen-bond acceptors (Lipinski definition) is 3. The van der Waals surface area contributed by atoms with Gasteiger partial charge in [0.05, 0.1) is 17.3 Å². The quantitative estimate of drug-likeness (QED) is 0.689. The lowest BCUT2D eigenvalue weighted by molar-refractivity contribution is 0.584. The average molecular weight is 267 g/mol. The molecule has 0 aliphatic rings. The Balaban J connectivity index is 2.33. The third-order valence-corrected chi connectivity index (χ3v) is 2.59. The molecule has 0 unspecified atom stereocenters. The molecule has 0 radical (unpaired) electrons. The number of aromatic nitrogens is 4. The number of H-pyrrole nitrogens is 1. The minimum Gasteiger partial charge on any atom is -0.261 e. The third kappa shape index (κ3) is 1.80. The standard InChI is InChI=1S/C11H5ClF2N4/c12-11-16-9(8-4-15-18-10(8)17-11)5-1-6(13)3-7(14)2-5/h1-4H,(H,15,16,17,18). The van der Waals surface area contributed by atoms with Gasteiger partial charge in [0, 0.05) is 11.6 Å². The van der Waals surface area contributed by atoms with Crippen molar-refractivity contribution in [3.8, 4) is 11.3 Å². The molecule has 2 heterocycles. The molecule has 0 aliphatic heterocycles. The monoisotopic (exact) mass is 266 g/mol. The van der Waals surface area contributed by atoms with Gasteiger partial charge < -0.3 is 0 Å². The van der Waals surface area contributed by atoms with Crippen LogP contribution in [0.3, 0.4) is 0 Å². The van der Waals surface area contributed by atoms with Gasteiger partial charge in [0.2, 0.25) is 5.28 Å². The first-order valence-electron chi connectivity index (χ1n) is 4.96. The van der Waals surface area contributed by atoms with E-state index in [0.717, 1.165) is 6.07 Å². The predicted octanol–water partition coefficient (Wildman–Crippen LogP) is 2.95. The largest absolute Gasteiger partial charge is 0.261 e. The van der Waals surface area contributed by atoms with E-state index in [2.05, 4.69) is 20.2 Å². The lowest BCUT2D eigenvalue weighted by Crippen LogP contribution is -1.91. The average Bonchev–Trinajstić information content (AvgIpc) is 2.74. The first-order chi connectivity index (χ1) is 8.63. The van der Waals surface area contributed by atoms with Gasteiger partial charge in [0.25, 0.3) is 0 Å². The Morgan fingerprint density at radius 2 is 1.78 bits per heavy atom. The summed E-state index contributed by atoms with van der Waals surface area (Å²) in [5.41, 5.74) is 1.02. The van der Waals surface area contributed by atoms with Crippen LogP contribution in [0.2, 0.25) is 5.28 Å². The summed E-state index contributed by atoms with van der Waals surface area (Å²) in [6.45, 7) is 0. The summed E-state index contributed by atoms with van der Waals surface area (Å²) in [6.07, 6.45) is 1.48. The van der Waals surface area contributed by atoms with Crippen molar-refractivity contribution in [2.24, 2.45) is 0 Å². The van der Waals surface area contributed by atoms with Gasteiger partial charge >= 0.3 is 0 Å². The molecule has 1 aromatic carbocycles. The normalized spacial score (nSPS) is 11.1. The molecule has 90 valence electrons. The topological polar surface area (TPSA) is 54.5 Å². The molecule has 7 heteroatoms. The molecule has 0 aliphatic carbocycles. The summed E-state index contributed by atoms with van der Waals surface area (Å²) in [7, 11) is 0. The van der Waals surface area contributed by atoms with Crippen LogP contribution >= 0.6 is 11.6 Å². The lowest BCUT2D eigenvalue weighted by atomic mass is 10.1. The van der Waals surface area contributed by atoms with Crippen LogP contribution in [0.4, 0.5) is 8.78 Å². The number of aromatic amines is 1. The molecule has 0 amide bonds. The molecular weight excluding hydrogens is 262 g/mol. The maximum atomic E-state index is 13.2. The molecular formula is C11H5ClF2N4. The number of benzene rings is 1. The van der Waals surface area contributed by atoms with Crippen LogP contribution in [0.25, 0.3) is 22.3 Å². The minimum absolute atomic E-state index is 0.0218. The van der Waals surface area contributed by atoms with Crippen molar-refractivity contribution in [1.82, 2.24) is 20.2 Å². The van der Waals surface area contributed by atoms with Gasteiger partial charge in [0.1, 0.15) is 11.6 Å². The minimum atomic E-state index is -0.684. The number of rotatable bonds is 1. The van der Waals surface area contributed by atoms with Crippen LogP contribution in [-0.2, 0) is 0 Å². The number of fused-ring (bicyclic) bond motifs is 1. The molecule has 0 saturated carbocycles. The summed E-state index contributed by atoms with van der Waals surface area (Å²) < 4.78 is 26.4. The van der Waals surface area contributed by atoms with E-state index in [9.17, 15) is 8.78 Å². The van der Waals surface area contributed by atoms with Crippen molar-refractivity contribution >= 4 is 22.6 Å². The highest BCUT2D eigenvalue weighted by Gasteiger charge is 2.12. The molecule has 0 bridgehead atoms. The second-order valence-corrected chi connectivity index (χ2v) is 3.97. The zero-order valence-corrected chi connectivity index (χ0v) is 9.54. The highest BCUT2D eigenvalue weighted by atomic mass is 35.5. The van der Waals surface area contributed by atoms with Crippen molar-refractivity contribution in [2.45, 2.75) is 0 Å². The van der Waals surface area contributed by atoms with E-state index < -0.39 is 11.6 Å². The molecule has 0 atom stereocenters. The van der Waals surface area contributed by atoms with Crippen LogP contribution in [0.15, 0.2) is 24.4 Å². The Kier molecular flexibility index (Phi) is 2.45. The van der Waals surface area contributed by atoms with E-state index >= 15 is 0 Å². The second-order valence-electron chi connectivity index (χ2n) is 3.63. The fourth-order valence-corrected chi connectivity index (χ4v) is 1.89. The molecule has 4 nitrogen and oxygen atoms in total. The van der Waals surface area contributed by atoms with E-state index in [-0.39, 0.29) is 10.8 Å². The SMILES string of the molecule is Fc1cc(F)cc(-c2nc(Cl)nc3[nH]ncc23)c1. The van der Waals surface area contributed by atoms with Gasteiger partial charge in [-0.25, -0.2) is 13.8 Å². The molecule has 0 spiro atoms. The zero-order chi connectivity index (χ0) is 12.7. The van der Waals surface area contributed by atoms with Crippen LogP contribution in [0, 0.1) is 11.6 Å². The smallest absolute Gasteiger partial charge is 0.224 e. The Hall–Kier alpha value is -2.08. The molecule has 2 aromatic heterocycles. The van der Waals surface area contributed by atoms with Gasteiger partial charge in [-0.05, 0) is 23.7 Å². The molecule has 0 fully saturated rings. The third-order valence-electron chi connectivity index (χ3n) is 2.42. The first kappa shape index (κ1) is 11.0. The van der Waals surface area contributed by atoms with Crippen LogP contribution in [-0.4, -0.2) is 20.2 Å². The fourth-order valence-electron chi connectivity index (χ4n) is 1.72. The van der Waals surface area contributed by atoms with Crippen molar-refractivity contribution in [3.63, 3.8) is 0 Å². The van der Waals surface area contributed by atoms with Crippen LogP contribution in [0.1, 0.15) is 0 Å². The van der Waals surface area contributed by atoms with Gasteiger partial charge in [-0.15, -0.1) is 0 Å². The highest BCUT2D eigenvalue weighted by molar-refractivity contribution is 6.28. The number of nitrogens with one attached hydrogen (secondary N) is 1. The fraction of sp³-hybridized carbons (Fsp3) is 0. The number of hydrogen-bond donors (Lipinski definition) is 1. The maximum Gasteiger partial charge on any atom is 0.224 e. The molecule has 1 N–H and O–H groups in total. The van der Waals surface area contributed by atoms with Crippen LogP contribution < -0.4 is 0 Å². The van der Waals surface area contributed by atoms with Crippen molar-refractivity contribution in [3.05, 3.63) is 41.3 Å². The summed E-state index contributed by atoms with van der Waals surface area (Å²) in [5.74, 6) is -1.37. The van der Waals surface area contributed by atoms with E-state index in [1.165, 1.54) is 18.3 Å². The summed E-state index contributed by atoms with van der Waals surface area (Å²) >= 11 is 5.75. The second kappa shape index (κ2) is 3.99. The Morgan fingerprint density at radius 1 is 1.06 bits per heavy atom. The molecule has 0 saturated heterocycles. The lowest BCUT2D eigenvalue weighted by Gasteiger charge is -2.03. The van der Waals surface area contributed by atoms with E-state index in [0.29, 0.717) is 16.7 Å². The number of nitrogens with zero attached hydrogens (tertiary/aromatic N) is 3. The summed E-state index contributed by atoms with van der Waals surface area (Å²) in [5, 5.41) is 6.95. The van der Waals surface area contributed by atoms with Gasteiger partial charge in [-0.2, -0.15) is 10.1 Å². The Labute approximate surface area is 105 Å². The summed E-state index contributed by atoms with van der Waals surface area (Å²) in [4.78, 5) is 7.90. The van der Waals surface area contributed by atoms with Gasteiger partial charge in [-0.1, -0.05) is 0 Å². The molecule has 3 rings (SSSR count). The predicted molar refractivity (Wildman–Crippen MR) is 62.0 cm³/mol. The maximum absolute atomic E-state index is 13.2. The highest BCUT2D eigenvalue weighted by Crippen LogP contribution is 2.27. The summed E-state index contributed by atoms with van der Waals surface area (Å²) in [6, 6.07) is 3.14. The van der Waals surface area contributed by atoms with E-state index in [1.54, 1.807) is 0 Å². The van der Waals surface area contributed by atoms with Crippen molar-refractivity contribution < 1.29 is 8.78 Å². The molecule has 3 aromatic rings. The first-order valence-corrected chi connectivity index (χ1v) is 5.34. The van der Waals surface area contributed by atoms with E-state index in [1.807, 2.05) is 0 Å². The van der Waals surface area contributed by atoms with Crippen LogP contribution in [0.5, 0.6) is 0 Å². The van der Waals surface area contributed by atoms with E-state index in [4.69, 9.17) is 11.6 Å². The number of halogens is 3. The Bertz CT molecular complexity index is 721. The molecule has 18 heavy (non-hydrogen) atoms. The van der Waals surface area contributed by atoms with Gasteiger partial charge in [-0.3, -0.25) is 5.10 Å². The Morgan fingerprint density at radius 3 is 2.50 bits per heavy atom. The van der Waals surface area contributed by atoms with Gasteiger partial charge in [0.15, 0.2) is 5.65 Å². The zero-order valence-electron chi connectivity index (χ0n) is 8.78.